The van der Waals surface area contributed by atoms with Gasteiger partial charge in [0.2, 0.25) is 0 Å². The Balaban J connectivity index is 2.10. The molecule has 22 heavy (non-hydrogen) atoms. The number of hydrogen-bond donors (Lipinski definition) is 0. The van der Waals surface area contributed by atoms with Crippen LogP contribution in [0.2, 0.25) is 0 Å². The van der Waals surface area contributed by atoms with Gasteiger partial charge in [-0.2, -0.15) is 0 Å². The highest BCUT2D eigenvalue weighted by atomic mass is 16.5. The number of amides is 1. The quantitative estimate of drug-likeness (QED) is 0.800. The molecule has 0 spiro atoms. The van der Waals surface area contributed by atoms with Gasteiger partial charge in [-0.25, -0.2) is 4.79 Å². The van der Waals surface area contributed by atoms with Crippen molar-refractivity contribution in [2.45, 2.75) is 6.92 Å². The van der Waals surface area contributed by atoms with Gasteiger partial charge in [-0.15, -0.1) is 0 Å². The largest absolute Gasteiger partial charge is 0.482 e. The Labute approximate surface area is 128 Å². The van der Waals surface area contributed by atoms with Crippen molar-refractivity contribution in [3.05, 3.63) is 53.6 Å². The summed E-state index contributed by atoms with van der Waals surface area (Å²) in [6, 6.07) is 12.5. The first-order chi connectivity index (χ1) is 10.6. The number of benzene rings is 2. The van der Waals surface area contributed by atoms with E-state index in [0.717, 1.165) is 11.3 Å². The standard InChI is InChI=1S/C17H15NO4/c1-11-3-6-13(7-4-11)18-14-9-12(17(20)21-2)5-8-15(14)22-10-16(18)19/h3-9H,10H2,1-2H3. The summed E-state index contributed by atoms with van der Waals surface area (Å²) >= 11 is 0. The van der Waals surface area contributed by atoms with Crippen molar-refractivity contribution in [3.63, 3.8) is 0 Å². The third-order valence-corrected chi connectivity index (χ3v) is 3.51. The minimum absolute atomic E-state index is 0.0293. The number of hydrogen-bond acceptors (Lipinski definition) is 4. The van der Waals surface area contributed by atoms with Gasteiger partial charge < -0.3 is 9.47 Å². The van der Waals surface area contributed by atoms with Crippen LogP contribution in [0.25, 0.3) is 0 Å². The number of methoxy groups -OCH3 is 1. The summed E-state index contributed by atoms with van der Waals surface area (Å²) in [4.78, 5) is 25.5. The first kappa shape index (κ1) is 14.1. The Hall–Kier alpha value is -2.82. The van der Waals surface area contributed by atoms with Gasteiger partial charge in [0.1, 0.15) is 5.75 Å². The number of carbonyl (C=O) groups excluding carboxylic acids is 2. The van der Waals surface area contributed by atoms with E-state index in [9.17, 15) is 9.59 Å². The molecule has 2 aromatic rings. The zero-order valence-electron chi connectivity index (χ0n) is 12.3. The van der Waals surface area contributed by atoms with Gasteiger partial charge in [0, 0.05) is 5.69 Å². The average Bonchev–Trinajstić information content (AvgIpc) is 2.54. The maximum absolute atomic E-state index is 12.3. The molecule has 112 valence electrons. The molecule has 0 saturated carbocycles. The van der Waals surface area contributed by atoms with E-state index in [4.69, 9.17) is 9.47 Å². The Kier molecular flexibility index (Phi) is 3.55. The summed E-state index contributed by atoms with van der Waals surface area (Å²) < 4.78 is 10.2. The summed E-state index contributed by atoms with van der Waals surface area (Å²) in [5.74, 6) is -0.0733. The molecular weight excluding hydrogens is 282 g/mol. The molecule has 0 unspecified atom stereocenters. The average molecular weight is 297 g/mol. The highest BCUT2D eigenvalue weighted by Gasteiger charge is 2.28. The van der Waals surface area contributed by atoms with E-state index in [0.29, 0.717) is 17.0 Å². The summed E-state index contributed by atoms with van der Waals surface area (Å²) in [7, 11) is 1.32. The molecule has 1 amide bonds. The molecule has 0 aliphatic carbocycles. The molecule has 1 aliphatic heterocycles. The Bertz CT molecular complexity index is 737. The van der Waals surface area contributed by atoms with Crippen molar-refractivity contribution in [1.82, 2.24) is 0 Å². The zero-order chi connectivity index (χ0) is 15.7. The normalized spacial score (nSPS) is 13.4. The fourth-order valence-electron chi connectivity index (χ4n) is 2.37. The number of anilines is 2. The molecule has 0 N–H and O–H groups in total. The highest BCUT2D eigenvalue weighted by Crippen LogP contribution is 2.38. The topological polar surface area (TPSA) is 55.8 Å². The smallest absolute Gasteiger partial charge is 0.337 e. The second-order valence-corrected chi connectivity index (χ2v) is 5.03. The van der Waals surface area contributed by atoms with E-state index in [-0.39, 0.29) is 12.5 Å². The Morgan fingerprint density at radius 3 is 2.59 bits per heavy atom. The van der Waals surface area contributed by atoms with Crippen LogP contribution < -0.4 is 9.64 Å². The predicted octanol–water partition coefficient (Wildman–Crippen LogP) is 2.84. The molecule has 5 heteroatoms. The fraction of sp³-hybridized carbons (Fsp3) is 0.176. The summed E-state index contributed by atoms with van der Waals surface area (Å²) in [6.07, 6.45) is 0. The van der Waals surface area contributed by atoms with Crippen molar-refractivity contribution < 1.29 is 19.1 Å². The third-order valence-electron chi connectivity index (χ3n) is 3.51. The number of rotatable bonds is 2. The van der Waals surface area contributed by atoms with E-state index in [2.05, 4.69) is 0 Å². The van der Waals surface area contributed by atoms with Gasteiger partial charge >= 0.3 is 5.97 Å². The minimum atomic E-state index is -0.454. The van der Waals surface area contributed by atoms with Crippen LogP contribution in [0.5, 0.6) is 5.75 Å². The zero-order valence-corrected chi connectivity index (χ0v) is 12.3. The maximum Gasteiger partial charge on any atom is 0.337 e. The van der Waals surface area contributed by atoms with E-state index >= 15 is 0 Å². The van der Waals surface area contributed by atoms with Crippen molar-refractivity contribution in [2.75, 3.05) is 18.6 Å². The van der Waals surface area contributed by atoms with Gasteiger partial charge in [-0.3, -0.25) is 9.69 Å². The van der Waals surface area contributed by atoms with Crippen molar-refractivity contribution >= 4 is 23.3 Å². The third kappa shape index (κ3) is 2.41. The highest BCUT2D eigenvalue weighted by molar-refractivity contribution is 6.05. The molecule has 5 nitrogen and oxygen atoms in total. The van der Waals surface area contributed by atoms with Crippen LogP contribution in [0.4, 0.5) is 11.4 Å². The van der Waals surface area contributed by atoms with Crippen molar-refractivity contribution in [3.8, 4) is 5.75 Å². The van der Waals surface area contributed by atoms with E-state index in [1.807, 2.05) is 31.2 Å². The molecule has 0 radical (unpaired) electrons. The molecule has 1 aliphatic rings. The summed E-state index contributed by atoms with van der Waals surface area (Å²) in [5.41, 5.74) is 2.76. The molecule has 0 bridgehead atoms. The van der Waals surface area contributed by atoms with Crippen LogP contribution in [-0.4, -0.2) is 25.6 Å². The first-order valence-electron chi connectivity index (χ1n) is 6.85. The van der Waals surface area contributed by atoms with Crippen LogP contribution in [0.15, 0.2) is 42.5 Å². The molecule has 3 rings (SSSR count). The fourth-order valence-corrected chi connectivity index (χ4v) is 2.37. The Morgan fingerprint density at radius 1 is 1.18 bits per heavy atom. The van der Waals surface area contributed by atoms with Crippen LogP contribution in [-0.2, 0) is 9.53 Å². The SMILES string of the molecule is COC(=O)c1ccc2c(c1)N(c1ccc(C)cc1)C(=O)CO2. The number of fused-ring (bicyclic) bond motifs is 1. The predicted molar refractivity (Wildman–Crippen MR) is 81.6 cm³/mol. The van der Waals surface area contributed by atoms with Gasteiger partial charge in [0.25, 0.3) is 5.91 Å². The van der Waals surface area contributed by atoms with Crippen LogP contribution in [0.1, 0.15) is 15.9 Å². The lowest BCUT2D eigenvalue weighted by atomic mass is 10.1. The molecular formula is C17H15NO4. The van der Waals surface area contributed by atoms with E-state index < -0.39 is 5.97 Å². The number of aryl methyl sites for hydroxylation is 1. The number of ether oxygens (including phenoxy) is 2. The van der Waals surface area contributed by atoms with Crippen LogP contribution in [0, 0.1) is 6.92 Å². The first-order valence-corrected chi connectivity index (χ1v) is 6.85. The minimum Gasteiger partial charge on any atom is -0.482 e. The van der Waals surface area contributed by atoms with Gasteiger partial charge in [-0.1, -0.05) is 17.7 Å². The molecule has 1 heterocycles. The van der Waals surface area contributed by atoms with Crippen LogP contribution >= 0.6 is 0 Å². The van der Waals surface area contributed by atoms with Gasteiger partial charge in [-0.05, 0) is 37.3 Å². The van der Waals surface area contributed by atoms with E-state index in [1.165, 1.54) is 7.11 Å². The van der Waals surface area contributed by atoms with Gasteiger partial charge in [0.05, 0.1) is 18.4 Å². The number of carbonyl (C=O) groups is 2. The second-order valence-electron chi connectivity index (χ2n) is 5.03. The van der Waals surface area contributed by atoms with E-state index in [1.54, 1.807) is 23.1 Å². The molecule has 0 saturated heterocycles. The second kappa shape index (κ2) is 5.52. The molecule has 0 fully saturated rings. The monoisotopic (exact) mass is 297 g/mol. The molecule has 0 aromatic heterocycles. The maximum atomic E-state index is 12.3. The van der Waals surface area contributed by atoms with Crippen molar-refractivity contribution in [1.29, 1.82) is 0 Å². The summed E-state index contributed by atoms with van der Waals surface area (Å²) in [6.45, 7) is 1.95. The summed E-state index contributed by atoms with van der Waals surface area (Å²) in [5, 5.41) is 0. The van der Waals surface area contributed by atoms with Crippen molar-refractivity contribution in [2.24, 2.45) is 0 Å². The molecule has 0 atom stereocenters. The lowest BCUT2D eigenvalue weighted by molar-refractivity contribution is -0.120. The lowest BCUT2D eigenvalue weighted by Gasteiger charge is -2.29. The van der Waals surface area contributed by atoms with Crippen LogP contribution in [0.3, 0.4) is 0 Å². The lowest BCUT2D eigenvalue weighted by Crippen LogP contribution is -2.35. The number of esters is 1. The van der Waals surface area contributed by atoms with Gasteiger partial charge in [0.15, 0.2) is 6.61 Å². The Morgan fingerprint density at radius 2 is 1.91 bits per heavy atom. The number of nitrogens with zero attached hydrogens (tertiary/aromatic N) is 1. The molecule has 2 aromatic carbocycles.